The van der Waals surface area contributed by atoms with E-state index in [1.54, 1.807) is 24.3 Å². The molecule has 4 heteroatoms. The first-order chi connectivity index (χ1) is 12.6. The zero-order valence-electron chi connectivity index (χ0n) is 15.5. The van der Waals surface area contributed by atoms with Crippen LogP contribution in [-0.2, 0) is 6.54 Å². The first kappa shape index (κ1) is 18.2. The Morgan fingerprint density at radius 2 is 1.96 bits per heavy atom. The number of rotatable bonds is 4. The molecule has 1 heterocycles. The van der Waals surface area contributed by atoms with Crippen LogP contribution in [0.1, 0.15) is 52.4 Å². The number of hydrogen-bond donors (Lipinski definition) is 0. The van der Waals surface area contributed by atoms with Gasteiger partial charge in [0.2, 0.25) is 0 Å². The molecule has 26 heavy (non-hydrogen) atoms. The van der Waals surface area contributed by atoms with E-state index in [1.807, 2.05) is 4.90 Å². The average Bonchev–Trinajstić information content (AvgIpc) is 2.67. The number of amides is 1. The molecule has 2 aromatic carbocycles. The average molecular weight is 347 g/mol. The fraction of sp³-hybridized carbons (Fsp3) is 0.364. The van der Waals surface area contributed by atoms with Crippen LogP contribution in [0.15, 0.2) is 48.5 Å². The van der Waals surface area contributed by atoms with E-state index in [9.17, 15) is 4.79 Å². The Bertz CT molecular complexity index is 805. The van der Waals surface area contributed by atoms with Crippen molar-refractivity contribution in [2.75, 3.05) is 20.6 Å². The van der Waals surface area contributed by atoms with Gasteiger partial charge in [0.25, 0.3) is 5.91 Å². The van der Waals surface area contributed by atoms with Crippen LogP contribution < -0.4 is 0 Å². The summed E-state index contributed by atoms with van der Waals surface area (Å²) in [5.74, 6) is 0.0177. The number of benzene rings is 2. The van der Waals surface area contributed by atoms with Crippen molar-refractivity contribution in [2.45, 2.75) is 31.8 Å². The van der Waals surface area contributed by atoms with Crippen LogP contribution in [0.25, 0.3) is 0 Å². The molecule has 3 rings (SSSR count). The topological polar surface area (TPSA) is 47.3 Å². The van der Waals surface area contributed by atoms with E-state index in [4.69, 9.17) is 5.26 Å². The van der Waals surface area contributed by atoms with Crippen molar-refractivity contribution in [3.8, 4) is 6.07 Å². The lowest BCUT2D eigenvalue weighted by Crippen LogP contribution is -2.38. The Balaban J connectivity index is 1.83. The second kappa shape index (κ2) is 8.16. The molecule has 1 atom stereocenters. The Morgan fingerprint density at radius 3 is 2.65 bits per heavy atom. The third kappa shape index (κ3) is 4.12. The van der Waals surface area contributed by atoms with Gasteiger partial charge in [0.1, 0.15) is 0 Å². The monoisotopic (exact) mass is 347 g/mol. The van der Waals surface area contributed by atoms with Crippen LogP contribution in [-0.4, -0.2) is 36.3 Å². The molecule has 1 unspecified atom stereocenters. The molecule has 0 N–H and O–H groups in total. The molecular formula is C22H25N3O. The molecule has 0 radical (unpaired) electrons. The van der Waals surface area contributed by atoms with Crippen LogP contribution >= 0.6 is 0 Å². The molecule has 0 aliphatic carbocycles. The number of nitrogens with zero attached hydrogens (tertiary/aromatic N) is 3. The Hall–Kier alpha value is -2.64. The molecule has 2 aromatic rings. The molecule has 1 aliphatic rings. The maximum atomic E-state index is 13.1. The lowest BCUT2D eigenvalue weighted by atomic mass is 9.93. The summed E-state index contributed by atoms with van der Waals surface area (Å²) >= 11 is 0. The number of nitriles is 1. The van der Waals surface area contributed by atoms with Gasteiger partial charge in [0.15, 0.2) is 0 Å². The zero-order chi connectivity index (χ0) is 18.5. The molecule has 134 valence electrons. The summed E-state index contributed by atoms with van der Waals surface area (Å²) in [6.07, 6.45) is 3.14. The van der Waals surface area contributed by atoms with Gasteiger partial charge in [-0.25, -0.2) is 0 Å². The minimum atomic E-state index is 0.0177. The molecule has 4 nitrogen and oxygen atoms in total. The summed E-state index contributed by atoms with van der Waals surface area (Å²) in [6, 6.07) is 17.8. The quantitative estimate of drug-likeness (QED) is 0.840. The molecule has 1 amide bonds. The van der Waals surface area contributed by atoms with Crippen molar-refractivity contribution in [2.24, 2.45) is 0 Å². The molecule has 1 saturated heterocycles. The lowest BCUT2D eigenvalue weighted by Gasteiger charge is -2.36. The standard InChI is InChI=1S/C22H25N3O/c1-24(2)16-17-9-11-19(12-10-17)21-8-3-4-13-25(21)22(26)20-7-5-6-18(14-20)15-23/h5-7,9-12,14,21H,3-4,8,13,16H2,1-2H3. The maximum Gasteiger partial charge on any atom is 0.254 e. The van der Waals surface area contributed by atoms with Gasteiger partial charge in [-0.05, 0) is 62.7 Å². The highest BCUT2D eigenvalue weighted by atomic mass is 16.2. The van der Waals surface area contributed by atoms with Gasteiger partial charge in [-0.3, -0.25) is 4.79 Å². The molecule has 0 aromatic heterocycles. The van der Waals surface area contributed by atoms with Crippen molar-refractivity contribution in [1.29, 1.82) is 5.26 Å². The molecule has 1 fully saturated rings. The van der Waals surface area contributed by atoms with Gasteiger partial charge in [-0.1, -0.05) is 30.3 Å². The SMILES string of the molecule is CN(C)Cc1ccc(C2CCCCN2C(=O)c2cccc(C#N)c2)cc1. The molecule has 0 saturated carbocycles. The lowest BCUT2D eigenvalue weighted by molar-refractivity contribution is 0.0611. The van der Waals surface area contributed by atoms with E-state index in [-0.39, 0.29) is 11.9 Å². The normalized spacial score (nSPS) is 17.2. The summed E-state index contributed by atoms with van der Waals surface area (Å²) in [5.41, 5.74) is 3.59. The number of likely N-dealkylation sites (tertiary alicyclic amines) is 1. The van der Waals surface area contributed by atoms with Crippen molar-refractivity contribution < 1.29 is 4.79 Å². The number of carbonyl (C=O) groups excluding carboxylic acids is 1. The van der Waals surface area contributed by atoms with E-state index >= 15 is 0 Å². The second-order valence-electron chi connectivity index (χ2n) is 7.18. The highest BCUT2D eigenvalue weighted by molar-refractivity contribution is 5.95. The van der Waals surface area contributed by atoms with Gasteiger partial charge >= 0.3 is 0 Å². The number of carbonyl (C=O) groups is 1. The van der Waals surface area contributed by atoms with Crippen LogP contribution in [0.3, 0.4) is 0 Å². The van der Waals surface area contributed by atoms with Crippen LogP contribution in [0.2, 0.25) is 0 Å². The summed E-state index contributed by atoms with van der Waals surface area (Å²) in [5, 5.41) is 9.09. The van der Waals surface area contributed by atoms with E-state index < -0.39 is 0 Å². The highest BCUT2D eigenvalue weighted by Gasteiger charge is 2.28. The van der Waals surface area contributed by atoms with Gasteiger partial charge in [-0.15, -0.1) is 0 Å². The van der Waals surface area contributed by atoms with E-state index in [2.05, 4.69) is 49.3 Å². The fourth-order valence-corrected chi connectivity index (χ4v) is 3.62. The van der Waals surface area contributed by atoms with Crippen molar-refractivity contribution in [1.82, 2.24) is 9.80 Å². The maximum absolute atomic E-state index is 13.1. The van der Waals surface area contributed by atoms with Gasteiger partial charge < -0.3 is 9.80 Å². The van der Waals surface area contributed by atoms with Gasteiger partial charge in [0.05, 0.1) is 17.7 Å². The fourth-order valence-electron chi connectivity index (χ4n) is 3.62. The molecular weight excluding hydrogens is 322 g/mol. The second-order valence-corrected chi connectivity index (χ2v) is 7.18. The summed E-state index contributed by atoms with van der Waals surface area (Å²) < 4.78 is 0. The molecule has 0 bridgehead atoms. The third-order valence-corrected chi connectivity index (χ3v) is 4.87. The minimum absolute atomic E-state index is 0.0177. The summed E-state index contributed by atoms with van der Waals surface area (Å²) in [6.45, 7) is 1.67. The smallest absolute Gasteiger partial charge is 0.254 e. The van der Waals surface area contributed by atoms with Crippen LogP contribution in [0, 0.1) is 11.3 Å². The predicted octanol–water partition coefficient (Wildman–Crippen LogP) is 3.99. The van der Waals surface area contributed by atoms with Crippen LogP contribution in [0.4, 0.5) is 0 Å². The zero-order valence-corrected chi connectivity index (χ0v) is 15.5. The summed E-state index contributed by atoms with van der Waals surface area (Å²) in [4.78, 5) is 17.2. The largest absolute Gasteiger partial charge is 0.332 e. The van der Waals surface area contributed by atoms with E-state index in [0.29, 0.717) is 11.1 Å². The first-order valence-electron chi connectivity index (χ1n) is 9.13. The molecule has 1 aliphatic heterocycles. The number of piperidine rings is 1. The minimum Gasteiger partial charge on any atom is -0.332 e. The van der Waals surface area contributed by atoms with E-state index in [0.717, 1.165) is 32.4 Å². The Morgan fingerprint density at radius 1 is 1.19 bits per heavy atom. The van der Waals surface area contributed by atoms with E-state index in [1.165, 1.54) is 11.1 Å². The highest BCUT2D eigenvalue weighted by Crippen LogP contribution is 2.32. The summed E-state index contributed by atoms with van der Waals surface area (Å²) in [7, 11) is 4.12. The van der Waals surface area contributed by atoms with Crippen LogP contribution in [0.5, 0.6) is 0 Å². The van der Waals surface area contributed by atoms with Crippen molar-refractivity contribution in [3.63, 3.8) is 0 Å². The Labute approximate surface area is 155 Å². The predicted molar refractivity (Wildman–Crippen MR) is 103 cm³/mol. The molecule has 0 spiro atoms. The van der Waals surface area contributed by atoms with Crippen molar-refractivity contribution >= 4 is 5.91 Å². The Kier molecular flexibility index (Phi) is 5.70. The van der Waals surface area contributed by atoms with Gasteiger partial charge in [0, 0.05) is 18.7 Å². The number of hydrogen-bond acceptors (Lipinski definition) is 3. The third-order valence-electron chi connectivity index (χ3n) is 4.87. The van der Waals surface area contributed by atoms with Crippen molar-refractivity contribution in [3.05, 3.63) is 70.8 Å². The first-order valence-corrected chi connectivity index (χ1v) is 9.13. The van der Waals surface area contributed by atoms with Gasteiger partial charge in [-0.2, -0.15) is 5.26 Å².